The zero-order chi connectivity index (χ0) is 18.5. The van der Waals surface area contributed by atoms with E-state index in [1.54, 1.807) is 33.9 Å². The largest absolute Gasteiger partial charge is 0.338 e. The highest BCUT2D eigenvalue weighted by Crippen LogP contribution is 2.20. The molecule has 136 valence electrons. The standard InChI is InChI=1S/C20H23N3O3/c1-2-22-14-17(10-11-18(22)24)21-19(25)16-9-6-12-23(13-16)20(26)15-7-4-3-5-8-15/h3-5,7-8,10-11,14,16H,2,6,9,12-13H2,1H3,(H,21,25). The van der Waals surface area contributed by atoms with Crippen molar-refractivity contribution < 1.29 is 9.59 Å². The van der Waals surface area contributed by atoms with E-state index < -0.39 is 0 Å². The molecule has 1 aromatic heterocycles. The summed E-state index contributed by atoms with van der Waals surface area (Å²) in [7, 11) is 0. The highest BCUT2D eigenvalue weighted by molar-refractivity contribution is 5.96. The van der Waals surface area contributed by atoms with Gasteiger partial charge in [-0.2, -0.15) is 0 Å². The number of aromatic nitrogens is 1. The van der Waals surface area contributed by atoms with Crippen molar-refractivity contribution in [3.05, 3.63) is 64.6 Å². The van der Waals surface area contributed by atoms with Crippen molar-refractivity contribution in [3.63, 3.8) is 0 Å². The monoisotopic (exact) mass is 353 g/mol. The van der Waals surface area contributed by atoms with E-state index in [9.17, 15) is 14.4 Å². The number of benzene rings is 1. The van der Waals surface area contributed by atoms with Crippen molar-refractivity contribution in [2.24, 2.45) is 5.92 Å². The Kier molecular flexibility index (Phi) is 5.51. The number of hydrogen-bond donors (Lipinski definition) is 1. The van der Waals surface area contributed by atoms with E-state index in [2.05, 4.69) is 5.32 Å². The first-order valence-electron chi connectivity index (χ1n) is 8.94. The zero-order valence-corrected chi connectivity index (χ0v) is 14.9. The summed E-state index contributed by atoms with van der Waals surface area (Å²) >= 11 is 0. The first-order chi connectivity index (χ1) is 12.6. The molecule has 2 heterocycles. The molecule has 1 unspecified atom stereocenters. The second-order valence-corrected chi connectivity index (χ2v) is 6.49. The maximum atomic E-state index is 12.6. The van der Waals surface area contributed by atoms with Crippen LogP contribution < -0.4 is 10.9 Å². The van der Waals surface area contributed by atoms with Gasteiger partial charge in [0.05, 0.1) is 11.6 Å². The molecule has 1 saturated heterocycles. The van der Waals surface area contributed by atoms with Crippen LogP contribution in [-0.2, 0) is 11.3 Å². The molecule has 0 radical (unpaired) electrons. The summed E-state index contributed by atoms with van der Waals surface area (Å²) in [5, 5.41) is 2.88. The van der Waals surface area contributed by atoms with Crippen LogP contribution in [0.5, 0.6) is 0 Å². The Hall–Kier alpha value is -2.89. The Labute approximate surface area is 152 Å². The van der Waals surface area contributed by atoms with Gasteiger partial charge in [-0.25, -0.2) is 0 Å². The number of carbonyl (C=O) groups excluding carboxylic acids is 2. The fraction of sp³-hybridized carbons (Fsp3) is 0.350. The summed E-state index contributed by atoms with van der Waals surface area (Å²) < 4.78 is 1.54. The predicted octanol–water partition coefficient (Wildman–Crippen LogP) is 2.36. The van der Waals surface area contributed by atoms with E-state index in [4.69, 9.17) is 0 Å². The predicted molar refractivity (Wildman–Crippen MR) is 100 cm³/mol. The molecular formula is C20H23N3O3. The van der Waals surface area contributed by atoms with E-state index in [0.717, 1.165) is 12.8 Å². The van der Waals surface area contributed by atoms with Crippen LogP contribution in [0, 0.1) is 5.92 Å². The Morgan fingerprint density at radius 2 is 1.92 bits per heavy atom. The van der Waals surface area contributed by atoms with Gasteiger partial charge in [0.15, 0.2) is 0 Å². The zero-order valence-electron chi connectivity index (χ0n) is 14.9. The van der Waals surface area contributed by atoms with Gasteiger partial charge in [-0.1, -0.05) is 18.2 Å². The normalized spacial score (nSPS) is 17.0. The van der Waals surface area contributed by atoms with Gasteiger partial charge in [0.1, 0.15) is 0 Å². The minimum atomic E-state index is -0.251. The molecule has 0 saturated carbocycles. The maximum absolute atomic E-state index is 12.6. The molecule has 1 atom stereocenters. The quantitative estimate of drug-likeness (QED) is 0.917. The average molecular weight is 353 g/mol. The smallest absolute Gasteiger partial charge is 0.253 e. The molecule has 3 rings (SSSR count). The Balaban J connectivity index is 1.66. The number of hydrogen-bond acceptors (Lipinski definition) is 3. The molecule has 6 nitrogen and oxygen atoms in total. The van der Waals surface area contributed by atoms with Crippen LogP contribution in [0.15, 0.2) is 53.5 Å². The van der Waals surface area contributed by atoms with Gasteiger partial charge in [0.25, 0.3) is 11.5 Å². The van der Waals surface area contributed by atoms with E-state index in [0.29, 0.717) is 30.9 Å². The lowest BCUT2D eigenvalue weighted by Crippen LogP contribution is -2.43. The Morgan fingerprint density at radius 1 is 1.15 bits per heavy atom. The summed E-state index contributed by atoms with van der Waals surface area (Å²) in [4.78, 5) is 38.6. The molecule has 1 fully saturated rings. The van der Waals surface area contributed by atoms with Crippen LogP contribution in [0.4, 0.5) is 5.69 Å². The number of rotatable bonds is 4. The number of amides is 2. The number of likely N-dealkylation sites (tertiary alicyclic amines) is 1. The summed E-state index contributed by atoms with van der Waals surface area (Å²) in [6, 6.07) is 12.2. The van der Waals surface area contributed by atoms with Crippen LogP contribution in [0.3, 0.4) is 0 Å². The number of nitrogens with zero attached hydrogens (tertiary/aromatic N) is 2. The lowest BCUT2D eigenvalue weighted by Gasteiger charge is -2.32. The van der Waals surface area contributed by atoms with Crippen molar-refractivity contribution in [3.8, 4) is 0 Å². The number of aryl methyl sites for hydroxylation is 1. The maximum Gasteiger partial charge on any atom is 0.253 e. The first-order valence-corrected chi connectivity index (χ1v) is 8.94. The lowest BCUT2D eigenvalue weighted by molar-refractivity contribution is -0.121. The second kappa shape index (κ2) is 7.99. The van der Waals surface area contributed by atoms with Crippen molar-refractivity contribution in [2.45, 2.75) is 26.3 Å². The third kappa shape index (κ3) is 4.02. The number of anilines is 1. The molecule has 1 aliphatic heterocycles. The third-order valence-corrected chi connectivity index (χ3v) is 4.69. The van der Waals surface area contributed by atoms with E-state index in [1.165, 1.54) is 6.07 Å². The Morgan fingerprint density at radius 3 is 2.65 bits per heavy atom. The van der Waals surface area contributed by atoms with Crippen molar-refractivity contribution in [1.82, 2.24) is 9.47 Å². The van der Waals surface area contributed by atoms with E-state index in [-0.39, 0.29) is 23.3 Å². The molecule has 2 aromatic rings. The van der Waals surface area contributed by atoms with Crippen LogP contribution in [0.1, 0.15) is 30.1 Å². The van der Waals surface area contributed by atoms with Crippen LogP contribution >= 0.6 is 0 Å². The summed E-state index contributed by atoms with van der Waals surface area (Å²) in [6.07, 6.45) is 3.19. The molecule has 1 aromatic carbocycles. The third-order valence-electron chi connectivity index (χ3n) is 4.69. The number of carbonyl (C=O) groups is 2. The molecule has 6 heteroatoms. The fourth-order valence-corrected chi connectivity index (χ4v) is 3.24. The summed E-state index contributed by atoms with van der Waals surface area (Å²) in [5.41, 5.74) is 1.15. The first kappa shape index (κ1) is 17.9. The van der Waals surface area contributed by atoms with Crippen LogP contribution in [-0.4, -0.2) is 34.4 Å². The van der Waals surface area contributed by atoms with Gasteiger partial charge in [-0.15, -0.1) is 0 Å². The van der Waals surface area contributed by atoms with E-state index in [1.807, 2.05) is 25.1 Å². The number of piperidine rings is 1. The highest BCUT2D eigenvalue weighted by atomic mass is 16.2. The van der Waals surface area contributed by atoms with Crippen LogP contribution in [0.25, 0.3) is 0 Å². The highest BCUT2D eigenvalue weighted by Gasteiger charge is 2.29. The van der Waals surface area contributed by atoms with Crippen molar-refractivity contribution >= 4 is 17.5 Å². The average Bonchev–Trinajstić information content (AvgIpc) is 2.69. The van der Waals surface area contributed by atoms with Crippen molar-refractivity contribution in [1.29, 1.82) is 0 Å². The fourth-order valence-electron chi connectivity index (χ4n) is 3.24. The van der Waals surface area contributed by atoms with Crippen LogP contribution in [0.2, 0.25) is 0 Å². The molecule has 0 bridgehead atoms. The molecule has 2 amide bonds. The van der Waals surface area contributed by atoms with E-state index >= 15 is 0 Å². The molecule has 0 aliphatic carbocycles. The van der Waals surface area contributed by atoms with Gasteiger partial charge in [0.2, 0.25) is 5.91 Å². The second-order valence-electron chi connectivity index (χ2n) is 6.49. The summed E-state index contributed by atoms with van der Waals surface area (Å²) in [6.45, 7) is 3.50. The van der Waals surface area contributed by atoms with Gasteiger partial charge < -0.3 is 14.8 Å². The molecule has 1 aliphatic rings. The van der Waals surface area contributed by atoms with Gasteiger partial charge in [-0.05, 0) is 38.0 Å². The van der Waals surface area contributed by atoms with Gasteiger partial charge in [0, 0.05) is 37.5 Å². The summed E-state index contributed by atoms with van der Waals surface area (Å²) in [5.74, 6) is -0.405. The van der Waals surface area contributed by atoms with Gasteiger partial charge in [-0.3, -0.25) is 14.4 Å². The minimum Gasteiger partial charge on any atom is -0.338 e. The minimum absolute atomic E-state index is 0.0392. The topological polar surface area (TPSA) is 71.4 Å². The lowest BCUT2D eigenvalue weighted by atomic mass is 9.96. The molecular weight excluding hydrogens is 330 g/mol. The number of pyridine rings is 1. The van der Waals surface area contributed by atoms with Crippen molar-refractivity contribution in [2.75, 3.05) is 18.4 Å². The Bertz CT molecular complexity index is 845. The molecule has 1 N–H and O–H groups in total. The molecule has 0 spiro atoms. The number of nitrogens with one attached hydrogen (secondary N) is 1. The molecule has 26 heavy (non-hydrogen) atoms. The van der Waals surface area contributed by atoms with Gasteiger partial charge >= 0.3 is 0 Å². The SMILES string of the molecule is CCn1cc(NC(=O)C2CCCN(C(=O)c3ccccc3)C2)ccc1=O.